The number of Topliss-reactive ketones (excluding diaryl/α,β-unsaturated/α-hetero) is 1. The van der Waals surface area contributed by atoms with Crippen LogP contribution >= 0.6 is 0 Å². The van der Waals surface area contributed by atoms with Crippen molar-refractivity contribution in [2.45, 2.75) is 45.4 Å². The highest BCUT2D eigenvalue weighted by Crippen LogP contribution is 2.23. The van der Waals surface area contributed by atoms with Gasteiger partial charge in [0.05, 0.1) is 19.3 Å². The Morgan fingerprint density at radius 1 is 1.26 bits per heavy atom. The topological polar surface area (TPSA) is 61.8 Å². The first-order chi connectivity index (χ1) is 9.19. The molecule has 19 heavy (non-hydrogen) atoms. The van der Waals surface area contributed by atoms with Gasteiger partial charge in [-0.05, 0) is 26.2 Å². The number of ketones is 1. The van der Waals surface area contributed by atoms with Gasteiger partial charge in [-0.3, -0.25) is 9.59 Å². The van der Waals surface area contributed by atoms with Crippen LogP contribution in [0.25, 0.3) is 0 Å². The van der Waals surface area contributed by atoms with Crippen LogP contribution in [0.3, 0.4) is 0 Å². The summed E-state index contributed by atoms with van der Waals surface area (Å²) in [5.74, 6) is 0.265. The summed E-state index contributed by atoms with van der Waals surface area (Å²) in [4.78, 5) is 22.5. The number of rotatable bonds is 9. The van der Waals surface area contributed by atoms with Gasteiger partial charge in [-0.15, -0.1) is 0 Å². The Hall–Kier alpha value is -1.52. The van der Waals surface area contributed by atoms with E-state index in [4.69, 9.17) is 9.47 Å². The van der Waals surface area contributed by atoms with Crippen LogP contribution in [-0.2, 0) is 23.8 Å². The van der Waals surface area contributed by atoms with Crippen molar-refractivity contribution in [2.75, 3.05) is 20.3 Å². The first kappa shape index (κ1) is 15.5. The van der Waals surface area contributed by atoms with E-state index in [0.29, 0.717) is 31.0 Å². The second-order valence-corrected chi connectivity index (χ2v) is 4.40. The second-order valence-electron chi connectivity index (χ2n) is 4.40. The van der Waals surface area contributed by atoms with Gasteiger partial charge < -0.3 is 14.2 Å². The molecule has 0 radical (unpaired) electrons. The quantitative estimate of drug-likeness (QED) is 0.475. The van der Waals surface area contributed by atoms with Crippen LogP contribution < -0.4 is 0 Å². The van der Waals surface area contributed by atoms with E-state index in [9.17, 15) is 9.59 Å². The summed E-state index contributed by atoms with van der Waals surface area (Å²) in [5, 5.41) is 0. The van der Waals surface area contributed by atoms with Gasteiger partial charge in [-0.1, -0.05) is 12.8 Å². The van der Waals surface area contributed by atoms with E-state index in [-0.39, 0.29) is 18.4 Å². The fourth-order valence-electron chi connectivity index (χ4n) is 1.95. The van der Waals surface area contributed by atoms with E-state index in [1.165, 1.54) is 7.11 Å². The molecule has 1 heterocycles. The van der Waals surface area contributed by atoms with Crippen molar-refractivity contribution in [3.8, 4) is 0 Å². The maximum atomic E-state index is 11.6. The lowest BCUT2D eigenvalue weighted by atomic mass is 10.0. The fourth-order valence-corrected chi connectivity index (χ4v) is 1.95. The highest BCUT2D eigenvalue weighted by molar-refractivity contribution is 5.98. The van der Waals surface area contributed by atoms with Crippen molar-refractivity contribution in [1.82, 2.24) is 0 Å². The molecule has 5 nitrogen and oxygen atoms in total. The SMILES string of the molecule is CCOC1=C(CCCCCCC(=O)OC)C(=O)CO1. The van der Waals surface area contributed by atoms with E-state index >= 15 is 0 Å². The van der Waals surface area contributed by atoms with E-state index in [2.05, 4.69) is 4.74 Å². The Balaban J connectivity index is 2.19. The lowest BCUT2D eigenvalue weighted by Gasteiger charge is -2.05. The number of methoxy groups -OCH3 is 1. The molecule has 108 valence electrons. The zero-order valence-electron chi connectivity index (χ0n) is 11.7. The summed E-state index contributed by atoms with van der Waals surface area (Å²) in [5.41, 5.74) is 0.676. The maximum absolute atomic E-state index is 11.6. The summed E-state index contributed by atoms with van der Waals surface area (Å²) in [7, 11) is 1.40. The minimum absolute atomic E-state index is 0.0259. The molecule has 0 aliphatic carbocycles. The first-order valence-corrected chi connectivity index (χ1v) is 6.77. The van der Waals surface area contributed by atoms with Crippen LogP contribution in [0.1, 0.15) is 45.4 Å². The highest BCUT2D eigenvalue weighted by Gasteiger charge is 2.25. The molecule has 0 spiro atoms. The van der Waals surface area contributed by atoms with Crippen molar-refractivity contribution in [3.05, 3.63) is 11.5 Å². The first-order valence-electron chi connectivity index (χ1n) is 6.77. The zero-order chi connectivity index (χ0) is 14.1. The van der Waals surface area contributed by atoms with Gasteiger partial charge in [-0.25, -0.2) is 0 Å². The van der Waals surface area contributed by atoms with E-state index < -0.39 is 0 Å². The molecule has 0 amide bonds. The molecule has 0 atom stereocenters. The summed E-state index contributed by atoms with van der Waals surface area (Å²) < 4.78 is 15.0. The highest BCUT2D eigenvalue weighted by atomic mass is 16.7. The molecule has 5 heteroatoms. The second kappa shape index (κ2) is 8.56. The van der Waals surface area contributed by atoms with Crippen LogP contribution in [-0.4, -0.2) is 32.1 Å². The molecule has 0 fully saturated rings. The Labute approximate surface area is 113 Å². The van der Waals surface area contributed by atoms with E-state index in [1.807, 2.05) is 6.92 Å². The number of esters is 1. The van der Waals surface area contributed by atoms with Crippen LogP contribution in [0, 0.1) is 0 Å². The molecule has 0 aromatic rings. The summed E-state index contributed by atoms with van der Waals surface area (Å²) in [6.07, 6.45) is 4.82. The normalized spacial score (nSPS) is 14.5. The third kappa shape index (κ3) is 5.32. The Bertz CT molecular complexity index is 346. The summed E-state index contributed by atoms with van der Waals surface area (Å²) in [6.45, 7) is 2.47. The van der Waals surface area contributed by atoms with Gasteiger partial charge in [0.15, 0.2) is 6.61 Å². The molecular weight excluding hydrogens is 248 g/mol. The Morgan fingerprint density at radius 2 is 2.00 bits per heavy atom. The fraction of sp³-hybridized carbons (Fsp3) is 0.714. The number of ether oxygens (including phenoxy) is 3. The number of carbonyl (C=O) groups excluding carboxylic acids is 2. The van der Waals surface area contributed by atoms with Crippen LogP contribution in [0.5, 0.6) is 0 Å². The molecule has 1 rings (SSSR count). The van der Waals surface area contributed by atoms with Crippen molar-refractivity contribution in [2.24, 2.45) is 0 Å². The average molecular weight is 270 g/mol. The summed E-state index contributed by atoms with van der Waals surface area (Å²) in [6, 6.07) is 0. The molecule has 0 bridgehead atoms. The third-order valence-electron chi connectivity index (χ3n) is 2.98. The molecule has 0 saturated heterocycles. The summed E-state index contributed by atoms with van der Waals surface area (Å²) >= 11 is 0. The molecule has 0 aromatic carbocycles. The van der Waals surface area contributed by atoms with Gasteiger partial charge in [0, 0.05) is 6.42 Å². The lowest BCUT2D eigenvalue weighted by molar-refractivity contribution is -0.140. The van der Waals surface area contributed by atoms with Crippen molar-refractivity contribution in [1.29, 1.82) is 0 Å². The van der Waals surface area contributed by atoms with Crippen molar-refractivity contribution in [3.63, 3.8) is 0 Å². The Morgan fingerprint density at radius 3 is 2.68 bits per heavy atom. The molecule has 1 aliphatic heterocycles. The standard InChI is InChI=1S/C14H22O5/c1-3-18-14-11(12(15)10-19-14)8-6-4-5-7-9-13(16)17-2/h3-10H2,1-2H3. The maximum Gasteiger partial charge on any atom is 0.305 e. The van der Waals surface area contributed by atoms with Gasteiger partial charge in [0.1, 0.15) is 0 Å². The number of carbonyl (C=O) groups is 2. The third-order valence-corrected chi connectivity index (χ3v) is 2.98. The molecule has 0 aromatic heterocycles. The zero-order valence-corrected chi connectivity index (χ0v) is 11.7. The largest absolute Gasteiger partial charge is 0.469 e. The molecule has 0 unspecified atom stereocenters. The molecular formula is C14H22O5. The predicted molar refractivity (Wildman–Crippen MR) is 69.3 cm³/mol. The minimum atomic E-state index is -0.166. The smallest absolute Gasteiger partial charge is 0.305 e. The molecule has 0 N–H and O–H groups in total. The average Bonchev–Trinajstić information content (AvgIpc) is 2.75. The number of unbranched alkanes of at least 4 members (excludes halogenated alkanes) is 3. The van der Waals surface area contributed by atoms with Crippen LogP contribution in [0.4, 0.5) is 0 Å². The molecule has 1 aliphatic rings. The van der Waals surface area contributed by atoms with Crippen LogP contribution in [0.2, 0.25) is 0 Å². The van der Waals surface area contributed by atoms with Gasteiger partial charge in [0.25, 0.3) is 5.95 Å². The van der Waals surface area contributed by atoms with Gasteiger partial charge >= 0.3 is 5.97 Å². The number of hydrogen-bond donors (Lipinski definition) is 0. The van der Waals surface area contributed by atoms with Gasteiger partial charge in [-0.2, -0.15) is 0 Å². The Kier molecular flexibility index (Phi) is 7.00. The van der Waals surface area contributed by atoms with Crippen molar-refractivity contribution < 1.29 is 23.8 Å². The minimum Gasteiger partial charge on any atom is -0.469 e. The predicted octanol–water partition coefficient (Wildman–Crippen LogP) is 2.35. The lowest BCUT2D eigenvalue weighted by Crippen LogP contribution is -2.02. The number of hydrogen-bond acceptors (Lipinski definition) is 5. The monoisotopic (exact) mass is 270 g/mol. The van der Waals surface area contributed by atoms with Gasteiger partial charge in [0.2, 0.25) is 5.78 Å². The van der Waals surface area contributed by atoms with E-state index in [1.54, 1.807) is 0 Å². The van der Waals surface area contributed by atoms with Crippen LogP contribution in [0.15, 0.2) is 11.5 Å². The van der Waals surface area contributed by atoms with E-state index in [0.717, 1.165) is 25.7 Å². The van der Waals surface area contributed by atoms with Crippen molar-refractivity contribution >= 4 is 11.8 Å². The molecule has 0 saturated carbocycles.